The van der Waals surface area contributed by atoms with E-state index in [1.165, 1.54) is 6.33 Å². The highest BCUT2D eigenvalue weighted by Crippen LogP contribution is 2.42. The summed E-state index contributed by atoms with van der Waals surface area (Å²) in [4.78, 5) is 16.2. The van der Waals surface area contributed by atoms with E-state index in [2.05, 4.69) is 29.2 Å². The smallest absolute Gasteiger partial charge is 0.292 e. The minimum absolute atomic E-state index is 0.0868. The molecule has 1 saturated carbocycles. The van der Waals surface area contributed by atoms with Crippen LogP contribution in [0.4, 0.5) is 11.4 Å². The van der Waals surface area contributed by atoms with Crippen LogP contribution < -0.4 is 5.32 Å². The first-order valence-electron chi connectivity index (χ1n) is 11.9. The maximum atomic E-state index is 12.2. The zero-order chi connectivity index (χ0) is 24.0. The van der Waals surface area contributed by atoms with Gasteiger partial charge in [0.1, 0.15) is 12.0 Å². The van der Waals surface area contributed by atoms with Crippen LogP contribution in [0.1, 0.15) is 62.1 Å². The predicted molar refractivity (Wildman–Crippen MR) is 129 cm³/mol. The third-order valence-electron chi connectivity index (χ3n) is 7.32. The molecule has 1 aliphatic heterocycles. The van der Waals surface area contributed by atoms with Crippen LogP contribution in [0.5, 0.6) is 0 Å². The van der Waals surface area contributed by atoms with Crippen molar-refractivity contribution in [3.8, 4) is 11.1 Å². The number of nitrogens with zero attached hydrogens (tertiary/aromatic N) is 4. The number of anilines is 1. The summed E-state index contributed by atoms with van der Waals surface area (Å²) in [6, 6.07) is 3.82. The zero-order valence-electron chi connectivity index (χ0n) is 20.1. The van der Waals surface area contributed by atoms with Gasteiger partial charge in [-0.25, -0.2) is 9.50 Å². The first kappa shape index (κ1) is 22.7. The molecule has 2 aliphatic rings. The van der Waals surface area contributed by atoms with Crippen molar-refractivity contribution in [3.05, 3.63) is 51.5 Å². The first-order valence-corrected chi connectivity index (χ1v) is 11.9. The van der Waals surface area contributed by atoms with Gasteiger partial charge in [-0.15, -0.1) is 0 Å². The second-order valence-electron chi connectivity index (χ2n) is 9.72. The van der Waals surface area contributed by atoms with E-state index >= 15 is 0 Å². The monoisotopic (exact) mass is 465 g/mol. The minimum atomic E-state index is -0.452. The van der Waals surface area contributed by atoms with Gasteiger partial charge in [0.05, 0.1) is 18.1 Å². The summed E-state index contributed by atoms with van der Waals surface area (Å²) in [6.45, 7) is 9.56. The number of hydrogen-bond acceptors (Lipinski definition) is 7. The highest BCUT2D eigenvalue weighted by Gasteiger charge is 2.40. The summed E-state index contributed by atoms with van der Waals surface area (Å²) in [5, 5.41) is 19.9. The van der Waals surface area contributed by atoms with Crippen molar-refractivity contribution < 1.29 is 14.4 Å². The van der Waals surface area contributed by atoms with Crippen molar-refractivity contribution in [2.45, 2.75) is 71.1 Å². The summed E-state index contributed by atoms with van der Waals surface area (Å²) >= 11 is 0. The number of ether oxygens (including phenoxy) is 2. The van der Waals surface area contributed by atoms with E-state index in [4.69, 9.17) is 9.47 Å². The molecule has 180 valence electrons. The van der Waals surface area contributed by atoms with Gasteiger partial charge in [-0.3, -0.25) is 10.1 Å². The van der Waals surface area contributed by atoms with E-state index in [0.717, 1.165) is 59.1 Å². The predicted octanol–water partition coefficient (Wildman–Crippen LogP) is 5.14. The fourth-order valence-corrected chi connectivity index (χ4v) is 5.26. The Morgan fingerprint density at radius 2 is 1.85 bits per heavy atom. The molecule has 1 N–H and O–H groups in total. The second-order valence-corrected chi connectivity index (χ2v) is 9.72. The molecule has 0 atom stereocenters. The summed E-state index contributed by atoms with van der Waals surface area (Å²) in [6.07, 6.45) is 6.73. The van der Waals surface area contributed by atoms with Gasteiger partial charge in [0.15, 0.2) is 11.4 Å². The number of aromatic nitrogens is 3. The topological polar surface area (TPSA) is 104 Å². The molecule has 1 aliphatic carbocycles. The number of nitrogens with one attached hydrogen (secondary N) is 1. The lowest BCUT2D eigenvalue weighted by Crippen LogP contribution is -2.39. The first-order chi connectivity index (χ1) is 16.3. The molecule has 9 heteroatoms. The fraction of sp³-hybridized carbons (Fsp3) is 0.520. The van der Waals surface area contributed by atoms with Crippen LogP contribution >= 0.6 is 0 Å². The van der Waals surface area contributed by atoms with E-state index < -0.39 is 5.79 Å². The van der Waals surface area contributed by atoms with Gasteiger partial charge in [-0.2, -0.15) is 5.10 Å². The molecule has 5 rings (SSSR count). The van der Waals surface area contributed by atoms with Crippen molar-refractivity contribution in [1.82, 2.24) is 14.6 Å². The molecule has 2 aromatic heterocycles. The Bertz CT molecular complexity index is 1240. The number of hydrogen-bond donors (Lipinski definition) is 1. The number of nitro benzene ring substituents is 1. The molecule has 9 nitrogen and oxygen atoms in total. The average molecular weight is 466 g/mol. The lowest BCUT2D eigenvalue weighted by molar-refractivity contribution is -0.383. The third kappa shape index (κ3) is 3.92. The quantitative estimate of drug-likeness (QED) is 0.411. The number of rotatable bonds is 5. The summed E-state index contributed by atoms with van der Waals surface area (Å²) in [7, 11) is 0. The normalized spacial score (nSPS) is 18.3. The highest BCUT2D eigenvalue weighted by molar-refractivity contribution is 5.80. The average Bonchev–Trinajstić information content (AvgIpc) is 3.47. The fourth-order valence-electron chi connectivity index (χ4n) is 5.26. The number of nitro groups is 1. The number of fused-ring (bicyclic) bond motifs is 1. The number of benzene rings is 1. The standard InChI is InChI=1S/C25H31N5O4/c1-15(2)19-11-22(28-18-5-7-25(8-6-18)33-9-10-34-25)23(30(31)32)12-20(19)21-13-29-24(26-14-27-29)17(4)16(21)3/h11-15,18,28H,5-10H2,1-4H3. The molecule has 3 aromatic rings. The zero-order valence-corrected chi connectivity index (χ0v) is 20.1. The van der Waals surface area contributed by atoms with Gasteiger partial charge >= 0.3 is 0 Å². The Morgan fingerprint density at radius 1 is 1.15 bits per heavy atom. The largest absolute Gasteiger partial charge is 0.377 e. The SMILES string of the molecule is Cc1c(-c2cc([N+](=O)[O-])c(NC3CCC4(CC3)OCCO4)cc2C(C)C)cn2ncnc2c1C. The van der Waals surface area contributed by atoms with E-state index in [0.29, 0.717) is 18.9 Å². The molecule has 34 heavy (non-hydrogen) atoms. The summed E-state index contributed by atoms with van der Waals surface area (Å²) in [5.41, 5.74) is 6.38. The molecule has 0 radical (unpaired) electrons. The van der Waals surface area contributed by atoms with Crippen LogP contribution in [0.15, 0.2) is 24.7 Å². The lowest BCUT2D eigenvalue weighted by Gasteiger charge is -2.36. The molecule has 1 aromatic carbocycles. The Balaban J connectivity index is 1.53. The van der Waals surface area contributed by atoms with Gasteiger partial charge in [0, 0.05) is 36.7 Å². The second kappa shape index (κ2) is 8.63. The van der Waals surface area contributed by atoms with Crippen molar-refractivity contribution in [2.75, 3.05) is 18.5 Å². The molecule has 2 fully saturated rings. The van der Waals surface area contributed by atoms with Crippen LogP contribution in [0, 0.1) is 24.0 Å². The number of aryl methyl sites for hydroxylation is 1. The van der Waals surface area contributed by atoms with Crippen LogP contribution in [0.25, 0.3) is 16.8 Å². The molecule has 0 bridgehead atoms. The minimum Gasteiger partial charge on any atom is -0.377 e. The highest BCUT2D eigenvalue weighted by atomic mass is 16.7. The van der Waals surface area contributed by atoms with Crippen molar-refractivity contribution in [3.63, 3.8) is 0 Å². The van der Waals surface area contributed by atoms with Gasteiger partial charge in [0.2, 0.25) is 0 Å². The van der Waals surface area contributed by atoms with Crippen molar-refractivity contribution >= 4 is 17.0 Å². The molecule has 0 amide bonds. The third-order valence-corrected chi connectivity index (χ3v) is 7.32. The van der Waals surface area contributed by atoms with E-state index in [1.807, 2.05) is 26.1 Å². The van der Waals surface area contributed by atoms with E-state index in [1.54, 1.807) is 10.6 Å². The Morgan fingerprint density at radius 3 is 2.50 bits per heavy atom. The molecular weight excluding hydrogens is 434 g/mol. The molecule has 1 spiro atoms. The van der Waals surface area contributed by atoms with Crippen LogP contribution in [-0.4, -0.2) is 44.6 Å². The Kier molecular flexibility index (Phi) is 5.77. The van der Waals surface area contributed by atoms with E-state index in [-0.39, 0.29) is 22.6 Å². The Labute approximate surface area is 198 Å². The van der Waals surface area contributed by atoms with Crippen LogP contribution in [0.2, 0.25) is 0 Å². The van der Waals surface area contributed by atoms with Gasteiger partial charge in [0.25, 0.3) is 5.69 Å². The maximum Gasteiger partial charge on any atom is 0.292 e. The van der Waals surface area contributed by atoms with E-state index in [9.17, 15) is 10.1 Å². The number of pyridine rings is 1. The molecule has 1 saturated heterocycles. The molecular formula is C25H31N5O4. The molecule has 0 unspecified atom stereocenters. The van der Waals surface area contributed by atoms with Gasteiger partial charge < -0.3 is 14.8 Å². The van der Waals surface area contributed by atoms with Crippen molar-refractivity contribution in [2.24, 2.45) is 0 Å². The van der Waals surface area contributed by atoms with Crippen molar-refractivity contribution in [1.29, 1.82) is 0 Å². The maximum absolute atomic E-state index is 12.2. The summed E-state index contributed by atoms with van der Waals surface area (Å²) in [5.74, 6) is -0.274. The molecule has 3 heterocycles. The van der Waals surface area contributed by atoms with Crippen LogP contribution in [0.3, 0.4) is 0 Å². The summed E-state index contributed by atoms with van der Waals surface area (Å²) < 4.78 is 13.4. The van der Waals surface area contributed by atoms with Crippen LogP contribution in [-0.2, 0) is 9.47 Å². The lowest BCUT2D eigenvalue weighted by atomic mass is 9.88. The van der Waals surface area contributed by atoms with Gasteiger partial charge in [-0.05, 0) is 60.9 Å². The Hall–Kier alpha value is -3.04. The van der Waals surface area contributed by atoms with Gasteiger partial charge in [-0.1, -0.05) is 13.8 Å².